The van der Waals surface area contributed by atoms with Crippen molar-refractivity contribution in [1.29, 1.82) is 0 Å². The number of benzene rings is 1. The van der Waals surface area contributed by atoms with E-state index in [1.54, 1.807) is 0 Å². The molecule has 0 saturated heterocycles. The Morgan fingerprint density at radius 1 is 1.18 bits per heavy atom. The summed E-state index contributed by atoms with van der Waals surface area (Å²) in [6.45, 7) is 0.350. The Morgan fingerprint density at radius 3 is 2.64 bits per heavy atom. The zero-order valence-corrected chi connectivity index (χ0v) is 11.3. The van der Waals surface area contributed by atoms with Crippen LogP contribution in [0.1, 0.15) is 15.9 Å². The lowest BCUT2D eigenvalue weighted by Crippen LogP contribution is -2.22. The Kier molecular flexibility index (Phi) is 3.82. The highest BCUT2D eigenvalue weighted by molar-refractivity contribution is 5.93. The largest absolute Gasteiger partial charge is 0.348 e. The second-order valence-electron chi connectivity index (χ2n) is 4.48. The van der Waals surface area contributed by atoms with Gasteiger partial charge in [-0.25, -0.2) is 4.98 Å². The Hall–Kier alpha value is -3.16. The van der Waals surface area contributed by atoms with Crippen LogP contribution in [0.5, 0.6) is 0 Å². The molecule has 2 heterocycles. The van der Waals surface area contributed by atoms with E-state index >= 15 is 0 Å². The molecule has 1 aromatic carbocycles. The SMILES string of the molecule is O=C(NCc1ccc(-c2nn[nH]n2)cc1)c1ccc(F)nc1. The Labute approximate surface area is 124 Å². The molecule has 0 unspecified atom stereocenters. The fraction of sp³-hybridized carbons (Fsp3) is 0.0714. The number of nitrogens with one attached hydrogen (secondary N) is 2. The van der Waals surface area contributed by atoms with Crippen LogP contribution in [0.4, 0.5) is 4.39 Å². The van der Waals surface area contributed by atoms with E-state index < -0.39 is 5.95 Å². The third-order valence-electron chi connectivity index (χ3n) is 3.00. The minimum absolute atomic E-state index is 0.310. The summed E-state index contributed by atoms with van der Waals surface area (Å²) in [6.07, 6.45) is 1.20. The van der Waals surface area contributed by atoms with Gasteiger partial charge in [-0.05, 0) is 22.9 Å². The Bertz CT molecular complexity index is 755. The number of H-pyrrole nitrogens is 1. The van der Waals surface area contributed by atoms with Crippen LogP contribution in [0, 0.1) is 5.95 Å². The number of halogens is 1. The molecule has 22 heavy (non-hydrogen) atoms. The van der Waals surface area contributed by atoms with Crippen LogP contribution in [-0.2, 0) is 6.54 Å². The van der Waals surface area contributed by atoms with Crippen molar-refractivity contribution in [2.75, 3.05) is 0 Å². The zero-order valence-electron chi connectivity index (χ0n) is 11.3. The molecule has 0 fully saturated rings. The molecule has 0 aliphatic carbocycles. The predicted octanol–water partition coefficient (Wildman–Crippen LogP) is 1.33. The van der Waals surface area contributed by atoms with Gasteiger partial charge in [-0.2, -0.15) is 9.60 Å². The molecular weight excluding hydrogens is 287 g/mol. The Morgan fingerprint density at radius 2 is 2.00 bits per heavy atom. The lowest BCUT2D eigenvalue weighted by Gasteiger charge is -2.05. The first-order valence-electron chi connectivity index (χ1n) is 6.45. The molecule has 3 rings (SSSR count). The minimum Gasteiger partial charge on any atom is -0.348 e. The van der Waals surface area contributed by atoms with Crippen molar-refractivity contribution in [2.45, 2.75) is 6.54 Å². The first-order chi connectivity index (χ1) is 10.7. The van der Waals surface area contributed by atoms with Crippen LogP contribution in [0.3, 0.4) is 0 Å². The molecule has 3 aromatic rings. The van der Waals surface area contributed by atoms with Crippen LogP contribution < -0.4 is 5.32 Å². The minimum atomic E-state index is -0.617. The molecule has 2 N–H and O–H groups in total. The third-order valence-corrected chi connectivity index (χ3v) is 3.00. The molecule has 2 aromatic heterocycles. The molecule has 0 bridgehead atoms. The molecular formula is C14H11FN6O. The number of amides is 1. The average molecular weight is 298 g/mol. The summed E-state index contributed by atoms with van der Waals surface area (Å²) in [5.41, 5.74) is 2.05. The molecule has 0 radical (unpaired) electrons. The fourth-order valence-corrected chi connectivity index (χ4v) is 1.85. The van der Waals surface area contributed by atoms with Gasteiger partial charge in [0.05, 0.1) is 5.56 Å². The van der Waals surface area contributed by atoms with Crippen LogP contribution in [0.2, 0.25) is 0 Å². The highest BCUT2D eigenvalue weighted by Gasteiger charge is 2.07. The van der Waals surface area contributed by atoms with Crippen LogP contribution in [0.25, 0.3) is 11.4 Å². The third kappa shape index (κ3) is 3.11. The van der Waals surface area contributed by atoms with Crippen molar-refractivity contribution in [1.82, 2.24) is 30.9 Å². The molecule has 8 heteroatoms. The van der Waals surface area contributed by atoms with E-state index in [2.05, 4.69) is 30.9 Å². The van der Waals surface area contributed by atoms with Crippen LogP contribution in [-0.4, -0.2) is 31.5 Å². The quantitative estimate of drug-likeness (QED) is 0.708. The first kappa shape index (κ1) is 13.8. The van der Waals surface area contributed by atoms with Crippen molar-refractivity contribution in [3.05, 3.63) is 59.7 Å². The van der Waals surface area contributed by atoms with Gasteiger partial charge in [0.2, 0.25) is 11.8 Å². The summed E-state index contributed by atoms with van der Waals surface area (Å²) in [5, 5.41) is 16.4. The smallest absolute Gasteiger partial charge is 0.253 e. The van der Waals surface area contributed by atoms with Crippen LogP contribution >= 0.6 is 0 Å². The van der Waals surface area contributed by atoms with Gasteiger partial charge in [0, 0.05) is 18.3 Å². The summed E-state index contributed by atoms with van der Waals surface area (Å²) in [5.74, 6) is -0.420. The van der Waals surface area contributed by atoms with Crippen molar-refractivity contribution < 1.29 is 9.18 Å². The van der Waals surface area contributed by atoms with Crippen molar-refractivity contribution in [3.8, 4) is 11.4 Å². The Balaban J connectivity index is 1.61. The summed E-state index contributed by atoms with van der Waals surface area (Å²) in [4.78, 5) is 15.3. The van der Waals surface area contributed by atoms with E-state index in [9.17, 15) is 9.18 Å². The molecule has 1 amide bonds. The van der Waals surface area contributed by atoms with Gasteiger partial charge in [-0.15, -0.1) is 10.2 Å². The van der Waals surface area contributed by atoms with Gasteiger partial charge in [0.25, 0.3) is 5.91 Å². The maximum absolute atomic E-state index is 12.7. The van der Waals surface area contributed by atoms with Gasteiger partial charge in [-0.3, -0.25) is 4.79 Å². The molecule has 0 saturated carbocycles. The number of nitrogens with zero attached hydrogens (tertiary/aromatic N) is 4. The predicted molar refractivity (Wildman–Crippen MR) is 75.0 cm³/mol. The summed E-state index contributed by atoms with van der Waals surface area (Å²) in [6, 6.07) is 9.92. The lowest BCUT2D eigenvalue weighted by atomic mass is 10.1. The number of rotatable bonds is 4. The average Bonchev–Trinajstić information content (AvgIpc) is 3.08. The summed E-state index contributed by atoms with van der Waals surface area (Å²) < 4.78 is 12.7. The lowest BCUT2D eigenvalue weighted by molar-refractivity contribution is 0.0950. The monoisotopic (exact) mass is 298 g/mol. The van der Waals surface area contributed by atoms with Crippen molar-refractivity contribution >= 4 is 5.91 Å². The molecule has 110 valence electrons. The highest BCUT2D eigenvalue weighted by atomic mass is 19.1. The normalized spacial score (nSPS) is 10.4. The van der Waals surface area contributed by atoms with Gasteiger partial charge < -0.3 is 5.32 Å². The van der Waals surface area contributed by atoms with E-state index in [-0.39, 0.29) is 5.91 Å². The van der Waals surface area contributed by atoms with E-state index in [0.717, 1.165) is 17.2 Å². The second-order valence-corrected chi connectivity index (χ2v) is 4.48. The van der Waals surface area contributed by atoms with E-state index in [1.165, 1.54) is 12.3 Å². The number of hydrogen-bond donors (Lipinski definition) is 2. The maximum atomic E-state index is 12.7. The van der Waals surface area contributed by atoms with E-state index in [0.29, 0.717) is 17.9 Å². The van der Waals surface area contributed by atoms with Gasteiger partial charge in [0.1, 0.15) is 0 Å². The summed E-state index contributed by atoms with van der Waals surface area (Å²) >= 11 is 0. The maximum Gasteiger partial charge on any atom is 0.253 e. The zero-order chi connectivity index (χ0) is 15.4. The topological polar surface area (TPSA) is 96.5 Å². The molecule has 7 nitrogen and oxygen atoms in total. The fourth-order valence-electron chi connectivity index (χ4n) is 1.85. The number of pyridine rings is 1. The van der Waals surface area contributed by atoms with Crippen LogP contribution in [0.15, 0.2) is 42.6 Å². The number of aromatic amines is 1. The highest BCUT2D eigenvalue weighted by Crippen LogP contribution is 2.13. The van der Waals surface area contributed by atoms with Crippen molar-refractivity contribution in [2.24, 2.45) is 0 Å². The molecule has 0 spiro atoms. The number of tetrazole rings is 1. The summed E-state index contributed by atoms with van der Waals surface area (Å²) in [7, 11) is 0. The van der Waals surface area contributed by atoms with Gasteiger partial charge in [0.15, 0.2) is 0 Å². The molecule has 0 atom stereocenters. The van der Waals surface area contributed by atoms with Crippen molar-refractivity contribution in [3.63, 3.8) is 0 Å². The first-order valence-corrected chi connectivity index (χ1v) is 6.45. The standard InChI is InChI=1S/C14H11FN6O/c15-12-6-5-11(8-16-12)14(22)17-7-9-1-3-10(4-2-9)13-18-20-21-19-13/h1-6,8H,7H2,(H,17,22)(H,18,19,20,21). The number of aromatic nitrogens is 5. The van der Waals surface area contributed by atoms with E-state index in [1.807, 2.05) is 24.3 Å². The van der Waals surface area contributed by atoms with Gasteiger partial charge >= 0.3 is 0 Å². The number of carbonyl (C=O) groups excluding carboxylic acids is 1. The number of hydrogen-bond acceptors (Lipinski definition) is 5. The van der Waals surface area contributed by atoms with Gasteiger partial charge in [-0.1, -0.05) is 24.3 Å². The number of carbonyl (C=O) groups is 1. The second kappa shape index (κ2) is 6.08. The van der Waals surface area contributed by atoms with E-state index in [4.69, 9.17) is 0 Å². The molecule has 0 aliphatic rings. The molecule has 0 aliphatic heterocycles.